The Morgan fingerprint density at radius 1 is 1.11 bits per heavy atom. The van der Waals surface area contributed by atoms with E-state index in [0.29, 0.717) is 43.5 Å². The van der Waals surface area contributed by atoms with Crippen LogP contribution in [0.4, 0.5) is 24.9 Å². The highest BCUT2D eigenvalue weighted by Crippen LogP contribution is 2.35. The fraction of sp³-hybridized carbons (Fsp3) is 0.636. The second-order valence-corrected chi connectivity index (χ2v) is 9.97. The third kappa shape index (κ3) is 4.70. The highest BCUT2D eigenvalue weighted by atomic mass is 32.1. The lowest BCUT2D eigenvalue weighted by molar-refractivity contribution is -0.148. The highest BCUT2D eigenvalue weighted by molar-refractivity contribution is 7.18. The molecule has 0 bridgehead atoms. The van der Waals surface area contributed by atoms with Crippen molar-refractivity contribution in [3.63, 3.8) is 0 Å². The number of halogens is 3. The van der Waals surface area contributed by atoms with Crippen molar-refractivity contribution in [2.24, 2.45) is 5.92 Å². The molecule has 2 aliphatic rings. The Morgan fingerprint density at radius 2 is 1.94 bits per heavy atom. The number of hydrogen-bond acceptors (Lipinski definition) is 10. The number of piperidine rings is 1. The standard InChI is InChI=1S/C22H27F3N8O2S/c1-3-6-15-26-16-17(31-9-10-33-14(12-31)29-30-20(33)22(23,24)25)27-21(28-18(16)36-15)32-8-5-7-13(11-32)19(34)35-4-2/h13H,3-12H2,1-2H3. The van der Waals surface area contributed by atoms with E-state index in [9.17, 15) is 18.0 Å². The minimum atomic E-state index is -4.56. The van der Waals surface area contributed by atoms with Crippen molar-refractivity contribution in [1.29, 1.82) is 0 Å². The third-order valence-corrected chi connectivity index (χ3v) is 7.38. The molecule has 1 unspecified atom stereocenters. The van der Waals surface area contributed by atoms with Crippen LogP contribution in [0.15, 0.2) is 0 Å². The van der Waals surface area contributed by atoms with E-state index in [4.69, 9.17) is 19.7 Å². The first-order chi connectivity index (χ1) is 17.3. The lowest BCUT2D eigenvalue weighted by atomic mass is 9.98. The van der Waals surface area contributed by atoms with Crippen molar-refractivity contribution in [2.45, 2.75) is 58.8 Å². The predicted octanol–water partition coefficient (Wildman–Crippen LogP) is 3.45. The fourth-order valence-electron chi connectivity index (χ4n) is 4.68. The first-order valence-electron chi connectivity index (χ1n) is 12.1. The number of fused-ring (bicyclic) bond motifs is 2. The molecular weight excluding hydrogens is 497 g/mol. The average Bonchev–Trinajstić information content (AvgIpc) is 3.47. The summed E-state index contributed by atoms with van der Waals surface area (Å²) in [5.74, 6) is -0.180. The Hall–Kier alpha value is -3.03. The van der Waals surface area contributed by atoms with Gasteiger partial charge in [-0.25, -0.2) is 4.98 Å². The normalized spacial score (nSPS) is 18.5. The van der Waals surface area contributed by atoms with Crippen molar-refractivity contribution in [2.75, 3.05) is 36.0 Å². The summed E-state index contributed by atoms with van der Waals surface area (Å²) in [5.41, 5.74) is 0.634. The van der Waals surface area contributed by atoms with Gasteiger partial charge in [0.05, 0.1) is 24.1 Å². The van der Waals surface area contributed by atoms with Crippen LogP contribution in [-0.4, -0.2) is 61.9 Å². The second-order valence-electron chi connectivity index (χ2n) is 8.91. The second kappa shape index (κ2) is 9.79. The van der Waals surface area contributed by atoms with Crippen LogP contribution in [0, 0.1) is 5.92 Å². The van der Waals surface area contributed by atoms with Gasteiger partial charge in [-0.2, -0.15) is 23.1 Å². The van der Waals surface area contributed by atoms with Crippen LogP contribution < -0.4 is 9.80 Å². The van der Waals surface area contributed by atoms with Gasteiger partial charge in [0.2, 0.25) is 11.8 Å². The molecule has 0 spiro atoms. The number of ether oxygens (including phenoxy) is 1. The summed E-state index contributed by atoms with van der Waals surface area (Å²) in [6.45, 7) is 5.85. The Bertz CT molecular complexity index is 1260. The van der Waals surface area contributed by atoms with E-state index >= 15 is 0 Å². The number of rotatable bonds is 6. The van der Waals surface area contributed by atoms with Crippen LogP contribution in [0.5, 0.6) is 0 Å². The minimum absolute atomic E-state index is 0.0820. The van der Waals surface area contributed by atoms with Gasteiger partial charge in [-0.1, -0.05) is 18.3 Å². The van der Waals surface area contributed by atoms with Gasteiger partial charge in [0.25, 0.3) is 0 Å². The summed E-state index contributed by atoms with van der Waals surface area (Å²) in [7, 11) is 0. The Kier molecular flexibility index (Phi) is 6.70. The smallest absolute Gasteiger partial charge is 0.451 e. The number of alkyl halides is 3. The topological polar surface area (TPSA) is 102 Å². The molecule has 0 radical (unpaired) electrons. The number of thiazole rings is 1. The van der Waals surface area contributed by atoms with E-state index in [-0.39, 0.29) is 30.8 Å². The van der Waals surface area contributed by atoms with Crippen LogP contribution in [0.1, 0.15) is 49.8 Å². The largest absolute Gasteiger partial charge is 0.466 e. The van der Waals surface area contributed by atoms with Gasteiger partial charge in [0.1, 0.15) is 5.52 Å². The van der Waals surface area contributed by atoms with E-state index in [2.05, 4.69) is 17.1 Å². The highest BCUT2D eigenvalue weighted by Gasteiger charge is 2.40. The molecule has 0 amide bonds. The maximum absolute atomic E-state index is 13.3. The van der Waals surface area contributed by atoms with E-state index in [1.807, 2.05) is 9.80 Å². The van der Waals surface area contributed by atoms with E-state index in [1.165, 1.54) is 11.3 Å². The van der Waals surface area contributed by atoms with Gasteiger partial charge in [0.15, 0.2) is 16.5 Å². The molecule has 36 heavy (non-hydrogen) atoms. The molecule has 5 heterocycles. The summed E-state index contributed by atoms with van der Waals surface area (Å²) < 4.78 is 46.3. The van der Waals surface area contributed by atoms with Crippen molar-refractivity contribution in [3.8, 4) is 0 Å². The van der Waals surface area contributed by atoms with Crippen molar-refractivity contribution in [1.82, 2.24) is 29.7 Å². The maximum Gasteiger partial charge on any atom is 0.451 e. The molecule has 5 rings (SSSR count). The molecule has 0 aromatic carbocycles. The van der Waals surface area contributed by atoms with E-state index in [0.717, 1.165) is 40.1 Å². The first kappa shape index (κ1) is 24.7. The van der Waals surface area contributed by atoms with Gasteiger partial charge >= 0.3 is 12.1 Å². The molecule has 2 aliphatic heterocycles. The first-order valence-corrected chi connectivity index (χ1v) is 12.9. The minimum Gasteiger partial charge on any atom is -0.466 e. The molecule has 1 fully saturated rings. The number of hydrogen-bond donors (Lipinski definition) is 0. The molecule has 3 aromatic heterocycles. The number of nitrogens with zero attached hydrogens (tertiary/aromatic N) is 8. The Balaban J connectivity index is 1.50. The number of carbonyl (C=O) groups is 1. The molecule has 1 saturated heterocycles. The maximum atomic E-state index is 13.3. The average molecular weight is 525 g/mol. The van der Waals surface area contributed by atoms with Gasteiger partial charge in [-0.15, -0.1) is 10.2 Å². The fourth-order valence-corrected chi connectivity index (χ4v) is 5.71. The monoisotopic (exact) mass is 524 g/mol. The lowest BCUT2D eigenvalue weighted by Gasteiger charge is -2.33. The Morgan fingerprint density at radius 3 is 2.69 bits per heavy atom. The molecule has 194 valence electrons. The van der Waals surface area contributed by atoms with Crippen LogP contribution in [0.25, 0.3) is 10.3 Å². The molecule has 0 N–H and O–H groups in total. The molecule has 1 atom stereocenters. The SMILES string of the molecule is CCCc1nc2c(N3CCn4c(nnc4C(F)(F)F)C3)nc(N3CCCC(C(=O)OCC)C3)nc2s1. The quantitative estimate of drug-likeness (QED) is 0.449. The van der Waals surface area contributed by atoms with Crippen LogP contribution in [0.2, 0.25) is 0 Å². The van der Waals surface area contributed by atoms with E-state index in [1.54, 1.807) is 6.92 Å². The molecule has 0 saturated carbocycles. The zero-order chi connectivity index (χ0) is 25.4. The predicted molar refractivity (Wildman–Crippen MR) is 127 cm³/mol. The van der Waals surface area contributed by atoms with E-state index < -0.39 is 12.0 Å². The lowest BCUT2D eigenvalue weighted by Crippen LogP contribution is -2.41. The van der Waals surface area contributed by atoms with Crippen LogP contribution in [-0.2, 0) is 35.2 Å². The number of aromatic nitrogens is 6. The molecule has 14 heteroatoms. The summed E-state index contributed by atoms with van der Waals surface area (Å²) >= 11 is 1.50. The molecule has 3 aromatic rings. The van der Waals surface area contributed by atoms with Gasteiger partial charge in [-0.05, 0) is 32.6 Å². The summed E-state index contributed by atoms with van der Waals surface area (Å²) in [5, 5.41) is 8.12. The number of carbonyl (C=O) groups excluding carboxylic acids is 1. The Labute approximate surface area is 209 Å². The summed E-state index contributed by atoms with van der Waals surface area (Å²) in [6.07, 6.45) is -1.29. The number of anilines is 2. The number of aryl methyl sites for hydroxylation is 1. The van der Waals surface area contributed by atoms with Gasteiger partial charge in [-0.3, -0.25) is 4.79 Å². The van der Waals surface area contributed by atoms with Crippen molar-refractivity contribution < 1.29 is 22.7 Å². The number of esters is 1. The van der Waals surface area contributed by atoms with Crippen molar-refractivity contribution in [3.05, 3.63) is 16.7 Å². The molecule has 0 aliphatic carbocycles. The zero-order valence-electron chi connectivity index (χ0n) is 20.1. The van der Waals surface area contributed by atoms with Gasteiger partial charge < -0.3 is 19.1 Å². The van der Waals surface area contributed by atoms with Crippen molar-refractivity contribution >= 4 is 39.4 Å². The zero-order valence-corrected chi connectivity index (χ0v) is 20.9. The van der Waals surface area contributed by atoms with Crippen LogP contribution >= 0.6 is 11.3 Å². The molecule has 10 nitrogen and oxygen atoms in total. The summed E-state index contributed by atoms with van der Waals surface area (Å²) in [4.78, 5) is 31.4. The van der Waals surface area contributed by atoms with Crippen LogP contribution in [0.3, 0.4) is 0 Å². The third-order valence-electron chi connectivity index (χ3n) is 6.37. The molecular formula is C22H27F3N8O2S. The van der Waals surface area contributed by atoms with Gasteiger partial charge in [0, 0.05) is 26.2 Å². The summed E-state index contributed by atoms with van der Waals surface area (Å²) in [6, 6.07) is 0.